The number of likely N-dealkylation sites (N-methyl/N-ethyl adjacent to an activating group) is 1. The molecule has 1 fully saturated rings. The third-order valence-corrected chi connectivity index (χ3v) is 6.76. The Morgan fingerprint density at radius 2 is 1.77 bits per heavy atom. The minimum Gasteiger partial charge on any atom is -0.457 e. The number of carbonyl (C=O) groups excluding carboxylic acids is 2. The summed E-state index contributed by atoms with van der Waals surface area (Å²) in [5.41, 5.74) is 2.59. The monoisotopic (exact) mass is 563 g/mol. The van der Waals surface area contributed by atoms with E-state index in [2.05, 4.69) is 10.7 Å². The van der Waals surface area contributed by atoms with Crippen LogP contribution >= 0.6 is 11.6 Å². The number of amides is 3. The van der Waals surface area contributed by atoms with Gasteiger partial charge in [0.1, 0.15) is 24.6 Å². The summed E-state index contributed by atoms with van der Waals surface area (Å²) in [6, 6.07) is 16.5. The average Bonchev–Trinajstić information content (AvgIpc) is 2.93. The summed E-state index contributed by atoms with van der Waals surface area (Å²) < 4.78 is 51.1. The molecule has 1 saturated heterocycles. The number of urea groups is 1. The number of morpholine rings is 1. The minimum absolute atomic E-state index is 0.0299. The van der Waals surface area contributed by atoms with E-state index < -0.39 is 16.8 Å². The highest BCUT2D eigenvalue weighted by molar-refractivity contribution is 6.31. The number of ether oxygens (including phenoxy) is 2. The number of nitrogens with one attached hydrogen (secondary N) is 2. The lowest BCUT2D eigenvalue weighted by molar-refractivity contribution is -0.855. The van der Waals surface area contributed by atoms with Crippen LogP contribution in [0.15, 0.2) is 66.7 Å². The number of halogens is 4. The van der Waals surface area contributed by atoms with Crippen LogP contribution < -0.4 is 20.5 Å². The van der Waals surface area contributed by atoms with Crippen molar-refractivity contribution < 1.29 is 36.7 Å². The number of hydrazine groups is 1. The number of hydrogen-bond acceptors (Lipinski definition) is 5. The summed E-state index contributed by atoms with van der Waals surface area (Å²) in [7, 11) is 0. The highest BCUT2D eigenvalue weighted by atomic mass is 35.5. The third kappa shape index (κ3) is 6.80. The second-order valence-electron chi connectivity index (χ2n) is 8.85. The first-order valence-corrected chi connectivity index (χ1v) is 12.5. The van der Waals surface area contributed by atoms with E-state index in [0.29, 0.717) is 66.6 Å². The molecule has 206 valence electrons. The molecule has 1 heterocycles. The van der Waals surface area contributed by atoms with Crippen LogP contribution in [0, 0.1) is 0 Å². The van der Waals surface area contributed by atoms with Gasteiger partial charge in [-0.25, -0.2) is 14.3 Å². The molecule has 0 radical (unpaired) electrons. The van der Waals surface area contributed by atoms with Gasteiger partial charge in [0.2, 0.25) is 6.41 Å². The quantitative estimate of drug-likeness (QED) is 0.185. The summed E-state index contributed by atoms with van der Waals surface area (Å²) >= 11 is 5.66. The van der Waals surface area contributed by atoms with E-state index in [1.807, 2.05) is 6.92 Å². The van der Waals surface area contributed by atoms with Gasteiger partial charge in [0, 0.05) is 11.8 Å². The van der Waals surface area contributed by atoms with E-state index in [0.717, 1.165) is 17.1 Å². The maximum atomic E-state index is 13.2. The maximum absolute atomic E-state index is 13.2. The Labute approximate surface area is 228 Å². The van der Waals surface area contributed by atoms with Crippen LogP contribution in [0.25, 0.3) is 0 Å². The Bertz CT molecular complexity index is 1320. The molecule has 0 bridgehead atoms. The number of anilines is 3. The van der Waals surface area contributed by atoms with Crippen molar-refractivity contribution in [3.63, 3.8) is 0 Å². The maximum Gasteiger partial charge on any atom is 0.421 e. The molecule has 0 spiro atoms. The zero-order chi connectivity index (χ0) is 28.0. The first-order valence-electron chi connectivity index (χ1n) is 12.1. The van der Waals surface area contributed by atoms with Crippen molar-refractivity contribution in [2.45, 2.75) is 13.1 Å². The van der Waals surface area contributed by atoms with E-state index in [1.54, 1.807) is 48.5 Å². The Morgan fingerprint density at radius 3 is 2.41 bits per heavy atom. The van der Waals surface area contributed by atoms with Crippen molar-refractivity contribution in [3.8, 4) is 11.5 Å². The Hall–Kier alpha value is -3.80. The standard InChI is InChI=1S/C27H26ClF3N4O4/c1-2-35(12-14-38-15-13-35)26(37)32-19-4-3-5-23(16-19)39-22-9-7-21(8-10-22)34(18-36)33-20-6-11-25(28)24(17-20)27(29,30)31/h3-11,16-18,33H,2,12-15H2,1H3/p+1. The van der Waals surface area contributed by atoms with Gasteiger partial charge in [-0.2, -0.15) is 13.2 Å². The smallest absolute Gasteiger partial charge is 0.421 e. The highest BCUT2D eigenvalue weighted by Gasteiger charge is 2.37. The molecule has 1 aliphatic rings. The van der Waals surface area contributed by atoms with Crippen LogP contribution in [0.1, 0.15) is 12.5 Å². The molecule has 4 rings (SSSR count). The molecular formula is C27H27ClF3N4O4+. The molecule has 8 nitrogen and oxygen atoms in total. The summed E-state index contributed by atoms with van der Waals surface area (Å²) in [6.45, 7) is 4.92. The lowest BCUT2D eigenvalue weighted by Gasteiger charge is -2.37. The average molecular weight is 564 g/mol. The van der Waals surface area contributed by atoms with Crippen LogP contribution in [0.4, 0.5) is 35.0 Å². The van der Waals surface area contributed by atoms with Crippen LogP contribution in [0.3, 0.4) is 0 Å². The Morgan fingerprint density at radius 1 is 1.05 bits per heavy atom. The lowest BCUT2D eigenvalue weighted by Crippen LogP contribution is -2.60. The van der Waals surface area contributed by atoms with E-state index >= 15 is 0 Å². The number of quaternary nitrogens is 1. The summed E-state index contributed by atoms with van der Waals surface area (Å²) in [5.74, 6) is 0.931. The minimum atomic E-state index is -4.64. The lowest BCUT2D eigenvalue weighted by atomic mass is 10.2. The molecular weight excluding hydrogens is 537 g/mol. The summed E-state index contributed by atoms with van der Waals surface area (Å²) in [6.07, 6.45) is -4.20. The molecule has 3 amide bonds. The van der Waals surface area contributed by atoms with Gasteiger partial charge >= 0.3 is 12.2 Å². The van der Waals surface area contributed by atoms with Gasteiger partial charge < -0.3 is 9.47 Å². The van der Waals surface area contributed by atoms with Gasteiger partial charge in [0.15, 0.2) is 0 Å². The van der Waals surface area contributed by atoms with Gasteiger partial charge in [-0.1, -0.05) is 17.7 Å². The summed E-state index contributed by atoms with van der Waals surface area (Å²) in [4.78, 5) is 24.7. The van der Waals surface area contributed by atoms with Crippen LogP contribution in [0.5, 0.6) is 11.5 Å². The van der Waals surface area contributed by atoms with E-state index in [9.17, 15) is 22.8 Å². The molecule has 0 aromatic heterocycles. The largest absolute Gasteiger partial charge is 0.457 e. The molecule has 1 aliphatic heterocycles. The van der Waals surface area contributed by atoms with Gasteiger partial charge in [-0.3, -0.25) is 15.5 Å². The van der Waals surface area contributed by atoms with Crippen molar-refractivity contribution in [1.29, 1.82) is 0 Å². The Balaban J connectivity index is 1.42. The van der Waals surface area contributed by atoms with Crippen LogP contribution in [-0.4, -0.2) is 49.8 Å². The zero-order valence-corrected chi connectivity index (χ0v) is 21.8. The molecule has 3 aromatic carbocycles. The zero-order valence-electron chi connectivity index (χ0n) is 21.0. The van der Waals surface area contributed by atoms with Crippen LogP contribution in [-0.2, 0) is 15.7 Å². The van der Waals surface area contributed by atoms with Crippen LogP contribution in [0.2, 0.25) is 5.02 Å². The van der Waals surface area contributed by atoms with Crippen molar-refractivity contribution in [1.82, 2.24) is 0 Å². The number of hydrogen-bond donors (Lipinski definition) is 2. The third-order valence-electron chi connectivity index (χ3n) is 6.43. The molecule has 3 aromatic rings. The second kappa shape index (κ2) is 11.9. The normalized spacial score (nSPS) is 14.8. The molecule has 2 N–H and O–H groups in total. The molecule has 0 unspecified atom stereocenters. The predicted molar refractivity (Wildman–Crippen MR) is 142 cm³/mol. The SMILES string of the molecule is CC[N+]1(C(=O)Nc2cccc(Oc3ccc(N(C=O)Nc4ccc(Cl)c(C(F)(F)F)c4)cc3)c2)CCOCC1. The fraction of sp³-hybridized carbons (Fsp3) is 0.259. The molecule has 39 heavy (non-hydrogen) atoms. The van der Waals surface area contributed by atoms with E-state index in [4.69, 9.17) is 21.1 Å². The first-order chi connectivity index (χ1) is 18.6. The highest BCUT2D eigenvalue weighted by Crippen LogP contribution is 2.36. The Kier molecular flexibility index (Phi) is 8.63. The number of alkyl halides is 3. The molecule has 0 saturated carbocycles. The van der Waals surface area contributed by atoms with Crippen molar-refractivity contribution in [3.05, 3.63) is 77.3 Å². The van der Waals surface area contributed by atoms with Crippen molar-refractivity contribution in [2.24, 2.45) is 0 Å². The van der Waals surface area contributed by atoms with Crippen molar-refractivity contribution >= 4 is 41.1 Å². The first kappa shape index (κ1) is 28.2. The summed E-state index contributed by atoms with van der Waals surface area (Å²) in [5, 5.41) is 3.55. The van der Waals surface area contributed by atoms with Gasteiger partial charge in [-0.05, 0) is 61.5 Å². The topological polar surface area (TPSA) is 79.9 Å². The predicted octanol–water partition coefficient (Wildman–Crippen LogP) is 6.54. The fourth-order valence-corrected chi connectivity index (χ4v) is 4.37. The number of nitrogens with zero attached hydrogens (tertiary/aromatic N) is 2. The van der Waals surface area contributed by atoms with Crippen molar-refractivity contribution in [2.75, 3.05) is 48.6 Å². The van der Waals surface area contributed by atoms with Gasteiger partial charge in [0.05, 0.1) is 41.7 Å². The van der Waals surface area contributed by atoms with E-state index in [-0.39, 0.29) is 11.7 Å². The number of carbonyl (C=O) groups is 2. The molecule has 0 aliphatic carbocycles. The molecule has 0 atom stereocenters. The van der Waals surface area contributed by atoms with E-state index in [1.165, 1.54) is 6.07 Å². The number of rotatable bonds is 8. The van der Waals surface area contributed by atoms with Gasteiger partial charge in [0.25, 0.3) is 0 Å². The fourth-order valence-electron chi connectivity index (χ4n) is 4.15. The number of benzene rings is 3. The second-order valence-corrected chi connectivity index (χ2v) is 9.26. The molecule has 12 heteroatoms. The van der Waals surface area contributed by atoms with Gasteiger partial charge in [-0.15, -0.1) is 0 Å².